The fourth-order valence-corrected chi connectivity index (χ4v) is 3.46. The van der Waals surface area contributed by atoms with Gasteiger partial charge in [-0.15, -0.1) is 0 Å². The van der Waals surface area contributed by atoms with Crippen molar-refractivity contribution in [2.45, 2.75) is 38.1 Å². The Bertz CT molecular complexity index is 892. The first-order valence-electron chi connectivity index (χ1n) is 9.36. The van der Waals surface area contributed by atoms with Crippen LogP contribution in [0.3, 0.4) is 0 Å². The van der Waals surface area contributed by atoms with Gasteiger partial charge < -0.3 is 10.6 Å². The molecular formula is C22H22ClFN2O2. The number of carbonyl (C=O) groups is 2. The standard InChI is InChI=1S/C22H22ClFN2O2/c23-20-11-10-18(14-19(20)22(28)26-17-7-2-1-3-8-17)25-21(27)12-9-15-5-4-6-16(24)13-15/h4-6,9-14,17H,1-3,7-8H2,(H,25,27)(H,26,28)/b12-9+. The summed E-state index contributed by atoms with van der Waals surface area (Å²) in [5.41, 5.74) is 1.38. The lowest BCUT2D eigenvalue weighted by Crippen LogP contribution is -2.36. The molecule has 2 aromatic carbocycles. The number of anilines is 1. The molecule has 2 aromatic rings. The Morgan fingerprint density at radius 2 is 1.86 bits per heavy atom. The lowest BCUT2D eigenvalue weighted by Gasteiger charge is -2.23. The summed E-state index contributed by atoms with van der Waals surface area (Å²) in [5.74, 6) is -0.984. The van der Waals surface area contributed by atoms with Crippen molar-refractivity contribution in [3.63, 3.8) is 0 Å². The summed E-state index contributed by atoms with van der Waals surface area (Å²) >= 11 is 6.18. The number of carbonyl (C=O) groups excluding carboxylic acids is 2. The lowest BCUT2D eigenvalue weighted by atomic mass is 9.95. The van der Waals surface area contributed by atoms with E-state index >= 15 is 0 Å². The Morgan fingerprint density at radius 1 is 1.07 bits per heavy atom. The molecule has 6 heteroatoms. The zero-order valence-electron chi connectivity index (χ0n) is 15.4. The van der Waals surface area contributed by atoms with E-state index in [1.54, 1.807) is 30.3 Å². The first kappa shape index (κ1) is 20.1. The molecule has 0 atom stereocenters. The van der Waals surface area contributed by atoms with E-state index in [1.807, 2.05) is 0 Å². The van der Waals surface area contributed by atoms with E-state index < -0.39 is 0 Å². The molecule has 1 saturated carbocycles. The third-order valence-corrected chi connectivity index (χ3v) is 5.02. The molecule has 28 heavy (non-hydrogen) atoms. The molecule has 1 aliphatic rings. The van der Waals surface area contributed by atoms with Gasteiger partial charge in [0.15, 0.2) is 0 Å². The van der Waals surface area contributed by atoms with Crippen LogP contribution in [0.4, 0.5) is 10.1 Å². The van der Waals surface area contributed by atoms with Crippen LogP contribution in [0, 0.1) is 5.82 Å². The maximum absolute atomic E-state index is 13.2. The smallest absolute Gasteiger partial charge is 0.253 e. The molecule has 0 heterocycles. The SMILES string of the molecule is O=C(/C=C/c1cccc(F)c1)Nc1ccc(Cl)c(C(=O)NC2CCCCC2)c1. The van der Waals surface area contributed by atoms with Crippen LogP contribution in [0.2, 0.25) is 5.02 Å². The molecule has 2 amide bonds. The maximum atomic E-state index is 13.2. The molecule has 4 nitrogen and oxygen atoms in total. The van der Waals surface area contributed by atoms with Crippen molar-refractivity contribution in [2.24, 2.45) is 0 Å². The van der Waals surface area contributed by atoms with Crippen molar-refractivity contribution in [3.05, 3.63) is 70.5 Å². The first-order chi connectivity index (χ1) is 13.5. The number of nitrogens with one attached hydrogen (secondary N) is 2. The van der Waals surface area contributed by atoms with Crippen LogP contribution >= 0.6 is 11.6 Å². The number of amides is 2. The van der Waals surface area contributed by atoms with Gasteiger partial charge in [0.2, 0.25) is 5.91 Å². The second kappa shape index (κ2) is 9.51. The van der Waals surface area contributed by atoms with Crippen LogP contribution in [0.1, 0.15) is 48.0 Å². The van der Waals surface area contributed by atoms with Gasteiger partial charge in [-0.1, -0.05) is 43.0 Å². The third kappa shape index (κ3) is 5.67. The first-order valence-corrected chi connectivity index (χ1v) is 9.74. The number of halogens is 2. The minimum absolute atomic E-state index is 0.171. The average molecular weight is 401 g/mol. The van der Waals surface area contributed by atoms with E-state index in [0.29, 0.717) is 21.8 Å². The molecule has 1 aliphatic carbocycles. The van der Waals surface area contributed by atoms with E-state index in [4.69, 9.17) is 11.6 Å². The number of hydrogen-bond donors (Lipinski definition) is 2. The zero-order valence-corrected chi connectivity index (χ0v) is 16.1. The van der Waals surface area contributed by atoms with Gasteiger partial charge in [0.25, 0.3) is 5.91 Å². The molecule has 2 N–H and O–H groups in total. The van der Waals surface area contributed by atoms with Crippen LogP contribution in [-0.4, -0.2) is 17.9 Å². The van der Waals surface area contributed by atoms with Gasteiger partial charge in [-0.05, 0) is 54.8 Å². The maximum Gasteiger partial charge on any atom is 0.253 e. The molecular weight excluding hydrogens is 379 g/mol. The van der Waals surface area contributed by atoms with E-state index in [0.717, 1.165) is 25.7 Å². The molecule has 0 spiro atoms. The Kier molecular flexibility index (Phi) is 6.82. The summed E-state index contributed by atoms with van der Waals surface area (Å²) in [6, 6.07) is 10.9. The zero-order chi connectivity index (χ0) is 19.9. The van der Waals surface area contributed by atoms with Crippen molar-refractivity contribution in [1.29, 1.82) is 0 Å². The van der Waals surface area contributed by atoms with E-state index in [-0.39, 0.29) is 23.7 Å². The normalized spacial score (nSPS) is 14.8. The Labute approximate surface area is 168 Å². The number of hydrogen-bond acceptors (Lipinski definition) is 2. The summed E-state index contributed by atoms with van der Waals surface area (Å²) in [6.07, 6.45) is 8.22. The van der Waals surface area contributed by atoms with Crippen molar-refractivity contribution in [3.8, 4) is 0 Å². The van der Waals surface area contributed by atoms with Crippen molar-refractivity contribution in [2.75, 3.05) is 5.32 Å². The summed E-state index contributed by atoms with van der Waals surface area (Å²) in [4.78, 5) is 24.7. The fraction of sp³-hybridized carbons (Fsp3) is 0.273. The molecule has 0 aliphatic heterocycles. The molecule has 0 radical (unpaired) electrons. The quantitative estimate of drug-likeness (QED) is 0.678. The highest BCUT2D eigenvalue weighted by Crippen LogP contribution is 2.23. The Balaban J connectivity index is 1.65. The van der Waals surface area contributed by atoms with Gasteiger partial charge in [0, 0.05) is 17.8 Å². The molecule has 0 saturated heterocycles. The fourth-order valence-electron chi connectivity index (χ4n) is 3.25. The number of benzene rings is 2. The molecule has 3 rings (SSSR count). The molecule has 0 aromatic heterocycles. The summed E-state index contributed by atoms with van der Waals surface area (Å²) in [6.45, 7) is 0. The van der Waals surface area contributed by atoms with Crippen LogP contribution in [0.15, 0.2) is 48.5 Å². The van der Waals surface area contributed by atoms with Gasteiger partial charge in [-0.25, -0.2) is 4.39 Å². The van der Waals surface area contributed by atoms with Crippen LogP contribution < -0.4 is 10.6 Å². The highest BCUT2D eigenvalue weighted by atomic mass is 35.5. The summed E-state index contributed by atoms with van der Waals surface area (Å²) in [5, 5.41) is 6.05. The largest absolute Gasteiger partial charge is 0.349 e. The monoisotopic (exact) mass is 400 g/mol. The van der Waals surface area contributed by atoms with Gasteiger partial charge in [-0.2, -0.15) is 0 Å². The van der Waals surface area contributed by atoms with Gasteiger partial charge in [-0.3, -0.25) is 9.59 Å². The number of rotatable bonds is 5. The highest BCUT2D eigenvalue weighted by molar-refractivity contribution is 6.34. The van der Waals surface area contributed by atoms with Crippen LogP contribution in [-0.2, 0) is 4.79 Å². The molecule has 1 fully saturated rings. The molecule has 0 bridgehead atoms. The highest BCUT2D eigenvalue weighted by Gasteiger charge is 2.18. The Morgan fingerprint density at radius 3 is 2.61 bits per heavy atom. The van der Waals surface area contributed by atoms with Crippen LogP contribution in [0.5, 0.6) is 0 Å². The second-order valence-electron chi connectivity index (χ2n) is 6.88. The van der Waals surface area contributed by atoms with E-state index in [1.165, 1.54) is 30.7 Å². The van der Waals surface area contributed by atoms with Crippen LogP contribution in [0.25, 0.3) is 6.08 Å². The molecule has 0 unspecified atom stereocenters. The van der Waals surface area contributed by atoms with Gasteiger partial charge in [0.1, 0.15) is 5.82 Å². The minimum atomic E-state index is -0.384. The predicted octanol–water partition coefficient (Wildman–Crippen LogP) is 5.19. The van der Waals surface area contributed by atoms with Crippen molar-refractivity contribution >= 4 is 35.2 Å². The average Bonchev–Trinajstić information content (AvgIpc) is 2.69. The summed E-state index contributed by atoms with van der Waals surface area (Å²) in [7, 11) is 0. The third-order valence-electron chi connectivity index (χ3n) is 4.69. The van der Waals surface area contributed by atoms with Crippen molar-refractivity contribution in [1.82, 2.24) is 5.32 Å². The topological polar surface area (TPSA) is 58.2 Å². The molecule has 146 valence electrons. The summed E-state index contributed by atoms with van der Waals surface area (Å²) < 4.78 is 13.2. The minimum Gasteiger partial charge on any atom is -0.349 e. The van der Waals surface area contributed by atoms with Crippen molar-refractivity contribution < 1.29 is 14.0 Å². The second-order valence-corrected chi connectivity index (χ2v) is 7.29. The van der Waals surface area contributed by atoms with E-state index in [2.05, 4.69) is 10.6 Å². The predicted molar refractivity (Wildman–Crippen MR) is 110 cm³/mol. The van der Waals surface area contributed by atoms with Gasteiger partial charge >= 0.3 is 0 Å². The van der Waals surface area contributed by atoms with Gasteiger partial charge in [0.05, 0.1) is 10.6 Å². The van der Waals surface area contributed by atoms with E-state index in [9.17, 15) is 14.0 Å². The Hall–Kier alpha value is -2.66. The lowest BCUT2D eigenvalue weighted by molar-refractivity contribution is -0.111.